The maximum absolute atomic E-state index is 5.77. The van der Waals surface area contributed by atoms with E-state index < -0.39 is 0 Å². The maximum Gasteiger partial charge on any atom is 0.162 e. The highest BCUT2D eigenvalue weighted by Crippen LogP contribution is 2.26. The van der Waals surface area contributed by atoms with Crippen molar-refractivity contribution >= 4 is 0 Å². The minimum absolute atomic E-state index is 0.00657. The van der Waals surface area contributed by atoms with Crippen molar-refractivity contribution < 1.29 is 9.47 Å². The molecule has 3 unspecified atom stereocenters. The second kappa shape index (κ2) is 5.25. The SMILES string of the molecule is CCN1CCCC(C2OCC(CN)O2)C1. The fraction of sp³-hybridized carbons (Fsp3) is 1.00. The van der Waals surface area contributed by atoms with Gasteiger partial charge in [0.15, 0.2) is 6.29 Å². The van der Waals surface area contributed by atoms with Crippen LogP contribution in [0.15, 0.2) is 0 Å². The van der Waals surface area contributed by atoms with Crippen molar-refractivity contribution in [3.63, 3.8) is 0 Å². The van der Waals surface area contributed by atoms with Crippen molar-refractivity contribution in [2.45, 2.75) is 32.2 Å². The minimum Gasteiger partial charge on any atom is -0.350 e. The van der Waals surface area contributed by atoms with E-state index in [1.165, 1.54) is 19.4 Å². The highest BCUT2D eigenvalue weighted by molar-refractivity contribution is 4.78. The quantitative estimate of drug-likeness (QED) is 0.739. The van der Waals surface area contributed by atoms with Gasteiger partial charge in [-0.25, -0.2) is 0 Å². The van der Waals surface area contributed by atoms with Crippen LogP contribution >= 0.6 is 0 Å². The molecule has 0 bridgehead atoms. The van der Waals surface area contributed by atoms with Gasteiger partial charge < -0.3 is 20.1 Å². The van der Waals surface area contributed by atoms with Crippen LogP contribution in [-0.4, -0.2) is 50.1 Å². The van der Waals surface area contributed by atoms with E-state index in [1.54, 1.807) is 0 Å². The Kier molecular flexibility index (Phi) is 3.97. The van der Waals surface area contributed by atoms with Crippen LogP contribution in [0.4, 0.5) is 0 Å². The molecule has 2 fully saturated rings. The van der Waals surface area contributed by atoms with Crippen molar-refractivity contribution in [1.82, 2.24) is 4.90 Å². The van der Waals surface area contributed by atoms with E-state index in [1.807, 2.05) is 0 Å². The van der Waals surface area contributed by atoms with Crippen LogP contribution in [0.1, 0.15) is 19.8 Å². The molecule has 2 aliphatic heterocycles. The predicted molar refractivity (Wildman–Crippen MR) is 58.5 cm³/mol. The molecular formula is C11H22N2O2. The molecule has 2 rings (SSSR count). The summed E-state index contributed by atoms with van der Waals surface area (Å²) < 4.78 is 11.4. The number of nitrogens with two attached hydrogens (primary N) is 1. The van der Waals surface area contributed by atoms with Crippen LogP contribution < -0.4 is 5.73 Å². The van der Waals surface area contributed by atoms with Crippen LogP contribution in [0, 0.1) is 5.92 Å². The van der Waals surface area contributed by atoms with Gasteiger partial charge in [-0.15, -0.1) is 0 Å². The van der Waals surface area contributed by atoms with E-state index in [4.69, 9.17) is 15.2 Å². The first-order valence-corrected chi connectivity index (χ1v) is 6.03. The molecule has 2 N–H and O–H groups in total. The van der Waals surface area contributed by atoms with Crippen LogP contribution in [0.5, 0.6) is 0 Å². The molecule has 15 heavy (non-hydrogen) atoms. The number of rotatable bonds is 3. The number of hydrogen-bond donors (Lipinski definition) is 1. The number of likely N-dealkylation sites (tertiary alicyclic amines) is 1. The third-order valence-corrected chi connectivity index (χ3v) is 3.41. The van der Waals surface area contributed by atoms with Gasteiger partial charge in [0.05, 0.1) is 12.7 Å². The zero-order valence-corrected chi connectivity index (χ0v) is 9.52. The van der Waals surface area contributed by atoms with Crippen LogP contribution in [0.3, 0.4) is 0 Å². The van der Waals surface area contributed by atoms with E-state index in [0.29, 0.717) is 19.1 Å². The van der Waals surface area contributed by atoms with Gasteiger partial charge in [0.2, 0.25) is 0 Å². The normalized spacial score (nSPS) is 38.4. The molecule has 0 aromatic heterocycles. The fourth-order valence-corrected chi connectivity index (χ4v) is 2.44. The summed E-state index contributed by atoms with van der Waals surface area (Å²) in [7, 11) is 0. The first kappa shape index (κ1) is 11.3. The number of ether oxygens (including phenoxy) is 2. The van der Waals surface area contributed by atoms with Gasteiger partial charge in [-0.3, -0.25) is 0 Å². The van der Waals surface area contributed by atoms with Crippen LogP contribution in [0.25, 0.3) is 0 Å². The summed E-state index contributed by atoms with van der Waals surface area (Å²) >= 11 is 0. The summed E-state index contributed by atoms with van der Waals surface area (Å²) in [5.74, 6) is 0.537. The summed E-state index contributed by atoms with van der Waals surface area (Å²) in [5, 5.41) is 0. The zero-order valence-electron chi connectivity index (χ0n) is 9.52. The molecule has 2 heterocycles. The lowest BCUT2D eigenvalue weighted by Crippen LogP contribution is -2.40. The van der Waals surface area contributed by atoms with Crippen molar-refractivity contribution in [3.05, 3.63) is 0 Å². The Balaban J connectivity index is 1.83. The topological polar surface area (TPSA) is 47.7 Å². The third kappa shape index (κ3) is 2.69. The molecule has 2 saturated heterocycles. The second-order valence-electron chi connectivity index (χ2n) is 4.49. The van der Waals surface area contributed by atoms with Gasteiger partial charge in [-0.1, -0.05) is 6.92 Å². The monoisotopic (exact) mass is 214 g/mol. The molecule has 0 aromatic carbocycles. The molecule has 4 heteroatoms. The molecule has 88 valence electrons. The Hall–Kier alpha value is -0.160. The molecular weight excluding hydrogens is 192 g/mol. The smallest absolute Gasteiger partial charge is 0.162 e. The lowest BCUT2D eigenvalue weighted by molar-refractivity contribution is -0.110. The van der Waals surface area contributed by atoms with Gasteiger partial charge in [-0.05, 0) is 25.9 Å². The third-order valence-electron chi connectivity index (χ3n) is 3.41. The van der Waals surface area contributed by atoms with Crippen molar-refractivity contribution in [1.29, 1.82) is 0 Å². The summed E-state index contributed by atoms with van der Waals surface area (Å²) in [6, 6.07) is 0. The summed E-state index contributed by atoms with van der Waals surface area (Å²) in [5.41, 5.74) is 5.56. The van der Waals surface area contributed by atoms with Gasteiger partial charge >= 0.3 is 0 Å². The lowest BCUT2D eigenvalue weighted by Gasteiger charge is -2.34. The molecule has 0 radical (unpaired) electrons. The first-order valence-electron chi connectivity index (χ1n) is 6.03. The minimum atomic E-state index is -0.00657. The van der Waals surface area contributed by atoms with Gasteiger partial charge in [0.1, 0.15) is 0 Å². The lowest BCUT2D eigenvalue weighted by atomic mass is 9.97. The maximum atomic E-state index is 5.77. The Morgan fingerprint density at radius 1 is 1.47 bits per heavy atom. The van der Waals surface area contributed by atoms with Gasteiger partial charge in [0, 0.05) is 19.0 Å². The summed E-state index contributed by atoms with van der Waals surface area (Å²) in [6.07, 6.45) is 2.59. The molecule has 0 aromatic rings. The average molecular weight is 214 g/mol. The first-order chi connectivity index (χ1) is 7.33. The summed E-state index contributed by atoms with van der Waals surface area (Å²) in [4.78, 5) is 2.47. The van der Waals surface area contributed by atoms with E-state index in [2.05, 4.69) is 11.8 Å². The molecule has 4 nitrogen and oxygen atoms in total. The van der Waals surface area contributed by atoms with E-state index in [9.17, 15) is 0 Å². The molecule has 0 spiro atoms. The van der Waals surface area contributed by atoms with E-state index in [-0.39, 0.29) is 12.4 Å². The molecule has 0 saturated carbocycles. The van der Waals surface area contributed by atoms with Gasteiger partial charge in [0.25, 0.3) is 0 Å². The largest absolute Gasteiger partial charge is 0.350 e. The molecule has 0 amide bonds. The Morgan fingerprint density at radius 3 is 3.00 bits per heavy atom. The predicted octanol–water partition coefficient (Wildman–Crippen LogP) is 0.419. The number of nitrogens with zero attached hydrogens (tertiary/aromatic N) is 1. The fourth-order valence-electron chi connectivity index (χ4n) is 2.44. The number of hydrogen-bond acceptors (Lipinski definition) is 4. The summed E-state index contributed by atoms with van der Waals surface area (Å²) in [6.45, 7) is 6.91. The Labute approximate surface area is 91.7 Å². The van der Waals surface area contributed by atoms with E-state index >= 15 is 0 Å². The standard InChI is InChI=1S/C11H22N2O2/c1-2-13-5-3-4-9(7-13)11-14-8-10(6-12)15-11/h9-11H,2-8,12H2,1H3. The highest BCUT2D eigenvalue weighted by atomic mass is 16.7. The zero-order chi connectivity index (χ0) is 10.7. The molecule has 3 atom stereocenters. The van der Waals surface area contributed by atoms with Crippen molar-refractivity contribution in [2.24, 2.45) is 11.7 Å². The Morgan fingerprint density at radius 2 is 2.33 bits per heavy atom. The highest BCUT2D eigenvalue weighted by Gasteiger charge is 2.34. The number of piperidine rings is 1. The van der Waals surface area contributed by atoms with Crippen LogP contribution in [-0.2, 0) is 9.47 Å². The molecule has 0 aliphatic carbocycles. The van der Waals surface area contributed by atoms with Gasteiger partial charge in [-0.2, -0.15) is 0 Å². The Bertz CT molecular complexity index is 201. The van der Waals surface area contributed by atoms with Crippen LogP contribution in [0.2, 0.25) is 0 Å². The van der Waals surface area contributed by atoms with E-state index in [0.717, 1.165) is 13.1 Å². The molecule has 2 aliphatic rings. The second-order valence-corrected chi connectivity index (χ2v) is 4.49. The van der Waals surface area contributed by atoms with Crippen molar-refractivity contribution in [3.8, 4) is 0 Å². The van der Waals surface area contributed by atoms with Crippen molar-refractivity contribution in [2.75, 3.05) is 32.8 Å². The average Bonchev–Trinajstić information content (AvgIpc) is 2.78.